The molecule has 0 unspecified atom stereocenters. The van der Waals surface area contributed by atoms with Crippen LogP contribution < -0.4 is 5.32 Å². The third-order valence-electron chi connectivity index (χ3n) is 6.46. The van der Waals surface area contributed by atoms with Crippen LogP contribution in [0.5, 0.6) is 0 Å². The Balaban J connectivity index is 1.20. The standard InChI is InChI=1S/C22H29N5O3/c28-22(17-10-24-26-21(17)15-6-2-1-3-7-15)27-11-18-19(12-27)30-14-16(13-29-18)25-20-8-4-5-9-23-20/h4-5,8-10,15-16,18-19H,1-3,6-7,11-14H2,(H,23,25)(H,24,26)/t18-,19-/m0/s1. The van der Waals surface area contributed by atoms with E-state index in [9.17, 15) is 4.79 Å². The number of rotatable bonds is 4. The summed E-state index contributed by atoms with van der Waals surface area (Å²) in [6, 6.07) is 5.81. The highest BCUT2D eigenvalue weighted by atomic mass is 16.6. The number of likely N-dealkylation sites (tertiary alicyclic amines) is 1. The first-order valence-corrected chi connectivity index (χ1v) is 11.0. The van der Waals surface area contributed by atoms with Crippen LogP contribution in [0.3, 0.4) is 0 Å². The van der Waals surface area contributed by atoms with Crippen LogP contribution in [0.1, 0.15) is 54.1 Å². The first-order valence-electron chi connectivity index (χ1n) is 11.0. The van der Waals surface area contributed by atoms with E-state index in [1.54, 1.807) is 12.4 Å². The van der Waals surface area contributed by atoms with Gasteiger partial charge in [0.2, 0.25) is 0 Å². The molecule has 1 amide bonds. The molecule has 8 nitrogen and oxygen atoms in total. The maximum Gasteiger partial charge on any atom is 0.257 e. The lowest BCUT2D eigenvalue weighted by atomic mass is 9.85. The van der Waals surface area contributed by atoms with E-state index in [2.05, 4.69) is 20.5 Å². The van der Waals surface area contributed by atoms with Gasteiger partial charge in [-0.2, -0.15) is 5.10 Å². The van der Waals surface area contributed by atoms with Gasteiger partial charge in [-0.15, -0.1) is 0 Å². The number of carbonyl (C=O) groups excluding carboxylic acids is 1. The van der Waals surface area contributed by atoms with Crippen molar-refractivity contribution in [3.05, 3.63) is 41.9 Å². The van der Waals surface area contributed by atoms with Crippen molar-refractivity contribution in [2.24, 2.45) is 0 Å². The van der Waals surface area contributed by atoms with Gasteiger partial charge in [0.15, 0.2) is 0 Å². The fourth-order valence-corrected chi connectivity index (χ4v) is 4.84. The summed E-state index contributed by atoms with van der Waals surface area (Å²) in [6.45, 7) is 2.15. The lowest BCUT2D eigenvalue weighted by molar-refractivity contribution is -0.00461. The molecular weight excluding hydrogens is 382 g/mol. The molecule has 2 atom stereocenters. The molecule has 2 aromatic heterocycles. The number of amides is 1. The number of ether oxygens (including phenoxy) is 2. The van der Waals surface area contributed by atoms with Crippen molar-refractivity contribution < 1.29 is 14.3 Å². The Morgan fingerprint density at radius 2 is 1.87 bits per heavy atom. The van der Waals surface area contributed by atoms with E-state index in [-0.39, 0.29) is 24.2 Å². The number of pyridine rings is 1. The van der Waals surface area contributed by atoms with Crippen molar-refractivity contribution in [2.45, 2.75) is 56.3 Å². The summed E-state index contributed by atoms with van der Waals surface area (Å²) >= 11 is 0. The highest BCUT2D eigenvalue weighted by Gasteiger charge is 2.40. The Morgan fingerprint density at radius 3 is 2.57 bits per heavy atom. The van der Waals surface area contributed by atoms with Crippen LogP contribution in [0, 0.1) is 0 Å². The second-order valence-electron chi connectivity index (χ2n) is 8.54. The van der Waals surface area contributed by atoms with E-state index in [1.165, 1.54) is 19.3 Å². The summed E-state index contributed by atoms with van der Waals surface area (Å²) in [6.07, 6.45) is 9.24. The number of hydrogen-bond donors (Lipinski definition) is 2. The number of carbonyl (C=O) groups is 1. The third-order valence-corrected chi connectivity index (χ3v) is 6.46. The van der Waals surface area contributed by atoms with Gasteiger partial charge in [0.1, 0.15) is 18.0 Å². The monoisotopic (exact) mass is 411 g/mol. The molecule has 3 aliphatic rings. The molecular formula is C22H29N5O3. The maximum absolute atomic E-state index is 13.2. The molecule has 0 radical (unpaired) electrons. The Morgan fingerprint density at radius 1 is 1.10 bits per heavy atom. The number of nitrogens with zero attached hydrogens (tertiary/aromatic N) is 3. The normalized spacial score (nSPS) is 25.7. The van der Waals surface area contributed by atoms with Crippen molar-refractivity contribution in [1.82, 2.24) is 20.1 Å². The van der Waals surface area contributed by atoms with E-state index in [4.69, 9.17) is 9.47 Å². The fourth-order valence-electron chi connectivity index (χ4n) is 4.84. The van der Waals surface area contributed by atoms with Gasteiger partial charge < -0.3 is 19.7 Å². The van der Waals surface area contributed by atoms with Crippen molar-refractivity contribution in [3.8, 4) is 0 Å². The topological polar surface area (TPSA) is 92.4 Å². The molecule has 0 bridgehead atoms. The molecule has 30 heavy (non-hydrogen) atoms. The van der Waals surface area contributed by atoms with Gasteiger partial charge in [0, 0.05) is 25.2 Å². The van der Waals surface area contributed by atoms with Gasteiger partial charge in [-0.3, -0.25) is 9.89 Å². The number of hydrogen-bond acceptors (Lipinski definition) is 6. The summed E-state index contributed by atoms with van der Waals surface area (Å²) in [4.78, 5) is 19.4. The van der Waals surface area contributed by atoms with Gasteiger partial charge in [-0.1, -0.05) is 25.3 Å². The molecule has 0 spiro atoms. The van der Waals surface area contributed by atoms with Crippen molar-refractivity contribution in [3.63, 3.8) is 0 Å². The largest absolute Gasteiger partial charge is 0.371 e. The fraction of sp³-hybridized carbons (Fsp3) is 0.591. The van der Waals surface area contributed by atoms with Crippen LogP contribution in [-0.2, 0) is 9.47 Å². The number of nitrogens with one attached hydrogen (secondary N) is 2. The van der Waals surface area contributed by atoms with Crippen LogP contribution in [0.25, 0.3) is 0 Å². The van der Waals surface area contributed by atoms with Crippen LogP contribution in [0.15, 0.2) is 30.6 Å². The van der Waals surface area contributed by atoms with Gasteiger partial charge in [0.05, 0.1) is 36.7 Å². The van der Waals surface area contributed by atoms with Gasteiger partial charge in [0.25, 0.3) is 5.91 Å². The first kappa shape index (κ1) is 19.5. The highest BCUT2D eigenvalue weighted by Crippen LogP contribution is 2.34. The lowest BCUT2D eigenvalue weighted by Crippen LogP contribution is -2.34. The Bertz CT molecular complexity index is 835. The quantitative estimate of drug-likeness (QED) is 0.803. The van der Waals surface area contributed by atoms with Crippen LogP contribution in [0.4, 0.5) is 5.82 Å². The molecule has 160 valence electrons. The predicted molar refractivity (Wildman–Crippen MR) is 111 cm³/mol. The van der Waals surface area contributed by atoms with Gasteiger partial charge in [-0.05, 0) is 25.0 Å². The molecule has 1 saturated carbocycles. The molecule has 2 N–H and O–H groups in total. The molecule has 4 heterocycles. The Labute approximate surface area is 176 Å². The Hall–Kier alpha value is -2.45. The smallest absolute Gasteiger partial charge is 0.257 e. The molecule has 2 aromatic rings. The van der Waals surface area contributed by atoms with Crippen molar-refractivity contribution in [2.75, 3.05) is 31.6 Å². The lowest BCUT2D eigenvalue weighted by Gasteiger charge is -2.23. The number of aromatic nitrogens is 3. The number of fused-ring (bicyclic) bond motifs is 1. The van der Waals surface area contributed by atoms with E-state index in [1.807, 2.05) is 23.1 Å². The van der Waals surface area contributed by atoms with E-state index in [0.29, 0.717) is 37.8 Å². The average molecular weight is 412 g/mol. The van der Waals surface area contributed by atoms with Gasteiger partial charge >= 0.3 is 0 Å². The SMILES string of the molecule is O=C(c1cn[nH]c1C1CCCCC1)N1C[C@@H]2OCC(Nc3ccccn3)CO[C@H]2C1. The van der Waals surface area contributed by atoms with Crippen LogP contribution in [-0.4, -0.2) is 70.5 Å². The van der Waals surface area contributed by atoms with E-state index >= 15 is 0 Å². The molecule has 8 heteroatoms. The minimum atomic E-state index is -0.102. The van der Waals surface area contributed by atoms with Gasteiger partial charge in [-0.25, -0.2) is 4.98 Å². The second kappa shape index (κ2) is 8.73. The molecule has 0 aromatic carbocycles. The summed E-state index contributed by atoms with van der Waals surface area (Å²) in [5.41, 5.74) is 1.72. The number of H-pyrrole nitrogens is 1. The molecule has 2 saturated heterocycles. The second-order valence-corrected chi connectivity index (χ2v) is 8.54. The Kier molecular flexibility index (Phi) is 5.68. The zero-order valence-electron chi connectivity index (χ0n) is 17.1. The first-order chi connectivity index (χ1) is 14.8. The zero-order chi connectivity index (χ0) is 20.3. The minimum absolute atomic E-state index is 0.0350. The summed E-state index contributed by atoms with van der Waals surface area (Å²) in [5.74, 6) is 1.26. The highest BCUT2D eigenvalue weighted by molar-refractivity contribution is 5.95. The van der Waals surface area contributed by atoms with Crippen LogP contribution in [0.2, 0.25) is 0 Å². The van der Waals surface area contributed by atoms with E-state index < -0.39 is 0 Å². The molecule has 1 aliphatic carbocycles. The number of aromatic amines is 1. The maximum atomic E-state index is 13.2. The zero-order valence-corrected chi connectivity index (χ0v) is 17.1. The third kappa shape index (κ3) is 4.06. The summed E-state index contributed by atoms with van der Waals surface area (Å²) in [5, 5.41) is 10.7. The predicted octanol–water partition coefficient (Wildman–Crippen LogP) is 2.57. The molecule has 3 fully saturated rings. The van der Waals surface area contributed by atoms with Crippen molar-refractivity contribution >= 4 is 11.7 Å². The van der Waals surface area contributed by atoms with Crippen LogP contribution >= 0.6 is 0 Å². The summed E-state index contributed by atoms with van der Waals surface area (Å²) < 4.78 is 12.2. The minimum Gasteiger partial charge on any atom is -0.371 e. The van der Waals surface area contributed by atoms with E-state index in [0.717, 1.165) is 24.4 Å². The summed E-state index contributed by atoms with van der Waals surface area (Å²) in [7, 11) is 0. The molecule has 2 aliphatic heterocycles. The average Bonchev–Trinajstić information content (AvgIpc) is 3.40. The number of anilines is 1. The molecule has 5 rings (SSSR count). The van der Waals surface area contributed by atoms with Crippen molar-refractivity contribution in [1.29, 1.82) is 0 Å².